The Bertz CT molecular complexity index is 922. The van der Waals surface area contributed by atoms with Gasteiger partial charge in [-0.3, -0.25) is 4.79 Å². The summed E-state index contributed by atoms with van der Waals surface area (Å²) in [6.45, 7) is 6.02. The van der Waals surface area contributed by atoms with Crippen molar-refractivity contribution >= 4 is 50.7 Å². The lowest BCUT2D eigenvalue weighted by Crippen LogP contribution is -2.14. The number of halogens is 1. The van der Waals surface area contributed by atoms with E-state index in [1.165, 1.54) is 7.11 Å². The van der Waals surface area contributed by atoms with Gasteiger partial charge in [0.1, 0.15) is 16.4 Å². The van der Waals surface area contributed by atoms with Crippen LogP contribution in [0.3, 0.4) is 0 Å². The van der Waals surface area contributed by atoms with E-state index in [4.69, 9.17) is 14.2 Å². The number of ether oxygens (including phenoxy) is 3. The van der Waals surface area contributed by atoms with E-state index in [1.807, 2.05) is 13.8 Å². The number of carbonyl (C=O) groups is 2. The molecule has 0 unspecified atom stereocenters. The maximum atomic E-state index is 12.4. The largest absolute Gasteiger partial charge is 0.506 e. The van der Waals surface area contributed by atoms with Crippen LogP contribution in [-0.2, 0) is 14.3 Å². The van der Waals surface area contributed by atoms with Crippen LogP contribution in [0.4, 0.5) is 0 Å². The molecular weight excluding hydrogens is 474 g/mol. The smallest absolute Gasteiger partial charge is 0.344 e. The zero-order chi connectivity index (χ0) is 22.3. The van der Waals surface area contributed by atoms with Gasteiger partial charge in [-0.1, -0.05) is 34.6 Å². The van der Waals surface area contributed by atoms with Crippen LogP contribution in [0.25, 0.3) is 6.08 Å². The van der Waals surface area contributed by atoms with Crippen LogP contribution in [0.1, 0.15) is 39.2 Å². The third-order valence-electron chi connectivity index (χ3n) is 3.93. The molecule has 2 rings (SSSR count). The molecule has 0 aromatic heterocycles. The fourth-order valence-corrected chi connectivity index (χ4v) is 4.06. The zero-order valence-corrected chi connectivity index (χ0v) is 19.7. The Balaban J connectivity index is 2.52. The van der Waals surface area contributed by atoms with Gasteiger partial charge in [0.15, 0.2) is 11.5 Å². The lowest BCUT2D eigenvalue weighted by molar-refractivity contribution is -0.138. The number of methoxy groups -OCH3 is 1. The fraction of sp³-hybridized carbons (Fsp3) is 0.381. The van der Waals surface area contributed by atoms with Crippen molar-refractivity contribution in [3.63, 3.8) is 0 Å². The van der Waals surface area contributed by atoms with Gasteiger partial charge in [0, 0.05) is 10.9 Å². The van der Waals surface area contributed by atoms with Crippen LogP contribution in [-0.4, -0.2) is 42.4 Å². The van der Waals surface area contributed by atoms with Gasteiger partial charge < -0.3 is 19.3 Å². The summed E-state index contributed by atoms with van der Waals surface area (Å²) in [6, 6.07) is 3.51. The molecule has 0 saturated carbocycles. The van der Waals surface area contributed by atoms with Gasteiger partial charge in [0.2, 0.25) is 5.91 Å². The summed E-state index contributed by atoms with van der Waals surface area (Å²) in [7, 11) is 1.54. The zero-order valence-electron chi connectivity index (χ0n) is 17.3. The molecule has 0 saturated heterocycles. The highest BCUT2D eigenvalue weighted by atomic mass is 79.9. The highest BCUT2D eigenvalue weighted by Gasteiger charge is 2.34. The lowest BCUT2D eigenvalue weighted by atomic mass is 10.1. The second-order valence-corrected chi connectivity index (χ2v) is 7.96. The standard InChI is InChI=1S/C21H24BrNO6S/c1-5-8-17(24)23-20-18(21(26)29-7-3)19(25)16(30-20)10-12-9-14(27-4)15(28-6-2)11-13(12)22/h9-11,25H,5-8H2,1-4H3/b16-10-,23-20?. The third-order valence-corrected chi connectivity index (χ3v) is 5.64. The van der Waals surface area contributed by atoms with Gasteiger partial charge >= 0.3 is 5.97 Å². The summed E-state index contributed by atoms with van der Waals surface area (Å²) in [5.41, 5.74) is 0.584. The minimum atomic E-state index is -0.725. The van der Waals surface area contributed by atoms with E-state index in [0.29, 0.717) is 39.5 Å². The quantitative estimate of drug-likeness (QED) is 0.502. The van der Waals surface area contributed by atoms with E-state index >= 15 is 0 Å². The van der Waals surface area contributed by atoms with E-state index in [-0.39, 0.29) is 35.3 Å². The van der Waals surface area contributed by atoms with Crippen LogP contribution in [0.2, 0.25) is 0 Å². The normalized spacial score (nSPS) is 16.3. The van der Waals surface area contributed by atoms with Gasteiger partial charge in [-0.2, -0.15) is 0 Å². The number of aliphatic hydroxyl groups is 1. The van der Waals surface area contributed by atoms with E-state index in [2.05, 4.69) is 20.9 Å². The molecule has 162 valence electrons. The Morgan fingerprint density at radius 2 is 1.93 bits per heavy atom. The molecule has 0 spiro atoms. The molecule has 0 fully saturated rings. The Labute approximate surface area is 188 Å². The Morgan fingerprint density at radius 3 is 2.53 bits per heavy atom. The van der Waals surface area contributed by atoms with Crippen LogP contribution in [0, 0.1) is 0 Å². The maximum absolute atomic E-state index is 12.4. The monoisotopic (exact) mass is 497 g/mol. The number of esters is 1. The van der Waals surface area contributed by atoms with Crippen molar-refractivity contribution < 1.29 is 28.9 Å². The predicted molar refractivity (Wildman–Crippen MR) is 121 cm³/mol. The van der Waals surface area contributed by atoms with Crippen molar-refractivity contribution in [3.8, 4) is 11.5 Å². The van der Waals surface area contributed by atoms with E-state index < -0.39 is 5.97 Å². The number of aliphatic hydroxyl groups excluding tert-OH is 1. The van der Waals surface area contributed by atoms with E-state index in [0.717, 1.165) is 11.8 Å². The highest BCUT2D eigenvalue weighted by Crippen LogP contribution is 2.41. The van der Waals surface area contributed by atoms with Crippen LogP contribution >= 0.6 is 27.7 Å². The predicted octanol–water partition coefficient (Wildman–Crippen LogP) is 5.04. The molecule has 0 bridgehead atoms. The number of hydrogen-bond acceptors (Lipinski definition) is 7. The van der Waals surface area contributed by atoms with Gasteiger partial charge in [-0.05, 0) is 44.0 Å². The van der Waals surface area contributed by atoms with Crippen molar-refractivity contribution in [1.29, 1.82) is 0 Å². The summed E-state index contributed by atoms with van der Waals surface area (Å²) in [4.78, 5) is 28.8. The molecule has 1 aromatic carbocycles. The van der Waals surface area contributed by atoms with E-state index in [1.54, 1.807) is 25.1 Å². The van der Waals surface area contributed by atoms with E-state index in [9.17, 15) is 14.7 Å². The molecule has 1 amide bonds. The molecule has 1 aliphatic heterocycles. The molecule has 1 aromatic rings. The van der Waals surface area contributed by atoms with Crippen molar-refractivity contribution in [2.24, 2.45) is 4.99 Å². The average molecular weight is 498 g/mol. The molecule has 0 atom stereocenters. The lowest BCUT2D eigenvalue weighted by Gasteiger charge is -2.11. The molecule has 9 heteroatoms. The van der Waals surface area contributed by atoms with Gasteiger partial charge in [-0.15, -0.1) is 0 Å². The summed E-state index contributed by atoms with van der Waals surface area (Å²) in [5.74, 6) is -0.262. The van der Waals surface area contributed by atoms with Crippen LogP contribution in [0.15, 0.2) is 37.8 Å². The number of hydrogen-bond donors (Lipinski definition) is 1. The molecular formula is C21H24BrNO6S. The first-order valence-electron chi connectivity index (χ1n) is 9.48. The van der Waals surface area contributed by atoms with Crippen molar-refractivity contribution in [1.82, 2.24) is 0 Å². The molecule has 0 radical (unpaired) electrons. The first-order chi connectivity index (χ1) is 14.4. The van der Waals surface area contributed by atoms with Crippen LogP contribution < -0.4 is 9.47 Å². The molecule has 1 aliphatic rings. The average Bonchev–Trinajstić information content (AvgIpc) is 2.99. The van der Waals surface area contributed by atoms with Crippen LogP contribution in [0.5, 0.6) is 11.5 Å². The first-order valence-corrected chi connectivity index (χ1v) is 11.1. The van der Waals surface area contributed by atoms with Gasteiger partial charge in [0.25, 0.3) is 0 Å². The SMILES string of the molecule is CCCC(=O)N=C1S/C(=C\c2cc(OC)c(OCC)cc2Br)C(O)=C1C(=O)OCC. The van der Waals surface area contributed by atoms with Gasteiger partial charge in [0.05, 0.1) is 25.2 Å². The van der Waals surface area contributed by atoms with Crippen molar-refractivity contribution in [2.75, 3.05) is 20.3 Å². The number of benzene rings is 1. The molecule has 30 heavy (non-hydrogen) atoms. The molecule has 0 aliphatic carbocycles. The Hall–Kier alpha value is -2.26. The summed E-state index contributed by atoms with van der Waals surface area (Å²) in [6.07, 6.45) is 2.56. The number of aliphatic imine (C=N–C) groups is 1. The maximum Gasteiger partial charge on any atom is 0.344 e. The Kier molecular flexibility index (Phi) is 8.98. The van der Waals surface area contributed by atoms with Crippen molar-refractivity contribution in [2.45, 2.75) is 33.6 Å². The summed E-state index contributed by atoms with van der Waals surface area (Å²) < 4.78 is 16.7. The molecule has 7 nitrogen and oxygen atoms in total. The number of rotatable bonds is 8. The third kappa shape index (κ3) is 5.66. The number of amides is 1. The summed E-state index contributed by atoms with van der Waals surface area (Å²) >= 11 is 4.53. The second kappa shape index (κ2) is 11.2. The minimum Gasteiger partial charge on any atom is -0.506 e. The molecule has 1 N–H and O–H groups in total. The Morgan fingerprint density at radius 1 is 1.20 bits per heavy atom. The fourth-order valence-electron chi connectivity index (χ4n) is 2.61. The first kappa shape index (κ1) is 24.0. The number of carbonyl (C=O) groups excluding carboxylic acids is 2. The second-order valence-electron chi connectivity index (χ2n) is 6.07. The van der Waals surface area contributed by atoms with Gasteiger partial charge in [-0.25, -0.2) is 9.79 Å². The molecule has 1 heterocycles. The number of thioether (sulfide) groups is 1. The topological polar surface area (TPSA) is 94.4 Å². The number of nitrogens with zero attached hydrogens (tertiary/aromatic N) is 1. The van der Waals surface area contributed by atoms with Crippen molar-refractivity contribution in [3.05, 3.63) is 38.4 Å². The highest BCUT2D eigenvalue weighted by molar-refractivity contribution is 9.10. The minimum absolute atomic E-state index is 0.105. The summed E-state index contributed by atoms with van der Waals surface area (Å²) in [5, 5.41) is 10.8.